The molecular formula is C14H13NO5. The highest BCUT2D eigenvalue weighted by molar-refractivity contribution is 5.90. The summed E-state index contributed by atoms with van der Waals surface area (Å²) in [6, 6.07) is 12.6. The van der Waals surface area contributed by atoms with Gasteiger partial charge in [0.15, 0.2) is 12.0 Å². The summed E-state index contributed by atoms with van der Waals surface area (Å²) < 4.78 is 0. The highest BCUT2D eigenvalue weighted by atomic mass is 16.6. The first-order chi connectivity index (χ1) is 9.60. The summed E-state index contributed by atoms with van der Waals surface area (Å²) in [5, 5.41) is 17.4. The van der Waals surface area contributed by atoms with E-state index in [4.69, 9.17) is 16.1 Å². The molecule has 6 nitrogen and oxygen atoms in total. The number of nitrogens with two attached hydrogens (primary N) is 1. The summed E-state index contributed by atoms with van der Waals surface area (Å²) >= 11 is 0. The van der Waals surface area contributed by atoms with Gasteiger partial charge in [0.25, 0.3) is 0 Å². The summed E-state index contributed by atoms with van der Waals surface area (Å²) in [6.45, 7) is 0. The van der Waals surface area contributed by atoms with Crippen molar-refractivity contribution in [1.82, 2.24) is 0 Å². The molecule has 2 aromatic carbocycles. The average Bonchev–Trinajstić information content (AvgIpc) is 2.48. The molecule has 2 aromatic rings. The van der Waals surface area contributed by atoms with Crippen LogP contribution in [0.5, 0.6) is 11.5 Å². The first-order valence-corrected chi connectivity index (χ1v) is 5.52. The number of phenols is 1. The maximum Gasteiger partial charge on any atom is 0.339 e. The third-order valence-electron chi connectivity index (χ3n) is 2.31. The molecule has 0 aliphatic rings. The minimum absolute atomic E-state index is 0.0347. The molecule has 4 N–H and O–H groups in total. The number of benzene rings is 2. The molecule has 20 heavy (non-hydrogen) atoms. The molecule has 2 rings (SSSR count). The lowest BCUT2D eigenvalue weighted by Gasteiger charge is -2.00. The number of aromatic hydroxyl groups is 1. The molecule has 0 fully saturated rings. The number of carbonyl (C=O) groups excluding carboxylic acids is 1. The van der Waals surface area contributed by atoms with Crippen LogP contribution in [0.15, 0.2) is 48.5 Å². The van der Waals surface area contributed by atoms with Crippen molar-refractivity contribution in [3.8, 4) is 11.5 Å². The molecule has 0 unspecified atom stereocenters. The van der Waals surface area contributed by atoms with Gasteiger partial charge in [-0.25, -0.2) is 4.79 Å². The highest BCUT2D eigenvalue weighted by Gasteiger charge is 2.08. The number of hydrogen-bond donors (Lipinski definition) is 3. The van der Waals surface area contributed by atoms with Crippen LogP contribution in [0.4, 0.5) is 0 Å². The Labute approximate surface area is 115 Å². The Kier molecular flexibility index (Phi) is 5.74. The lowest BCUT2D eigenvalue weighted by atomic mass is 10.2. The summed E-state index contributed by atoms with van der Waals surface area (Å²) in [6.07, 6.45) is 0.620. The maximum absolute atomic E-state index is 10.4. The number of aldehydes is 1. The van der Waals surface area contributed by atoms with Crippen LogP contribution in [0.3, 0.4) is 0 Å². The number of carboxylic acids is 1. The molecule has 0 amide bonds. The third-order valence-corrected chi connectivity index (χ3v) is 2.31. The van der Waals surface area contributed by atoms with Crippen LogP contribution in [0.1, 0.15) is 20.7 Å². The zero-order valence-corrected chi connectivity index (χ0v) is 10.4. The summed E-state index contributed by atoms with van der Waals surface area (Å²) in [5.74, 6) is 3.98. The average molecular weight is 275 g/mol. The minimum atomic E-state index is -1.05. The van der Waals surface area contributed by atoms with Crippen molar-refractivity contribution >= 4 is 12.3 Å². The van der Waals surface area contributed by atoms with E-state index in [1.54, 1.807) is 30.3 Å². The number of carbonyl (C=O) groups is 2. The topological polar surface area (TPSA) is 110 Å². The summed E-state index contributed by atoms with van der Waals surface area (Å²) in [5.41, 5.74) is 0.396. The van der Waals surface area contributed by atoms with Crippen LogP contribution < -0.4 is 10.7 Å². The molecule has 0 aliphatic heterocycles. The van der Waals surface area contributed by atoms with Gasteiger partial charge in [0.05, 0.1) is 5.56 Å². The first-order valence-electron chi connectivity index (χ1n) is 5.52. The molecule has 0 radical (unpaired) electrons. The van der Waals surface area contributed by atoms with Crippen LogP contribution >= 0.6 is 0 Å². The van der Waals surface area contributed by atoms with Crippen LogP contribution in [-0.2, 0) is 0 Å². The van der Waals surface area contributed by atoms with Gasteiger partial charge < -0.3 is 15.1 Å². The molecule has 104 valence electrons. The number of para-hydroxylation sites is 2. The van der Waals surface area contributed by atoms with Crippen molar-refractivity contribution in [2.75, 3.05) is 0 Å². The molecule has 0 atom stereocenters. The fourth-order valence-electron chi connectivity index (χ4n) is 1.33. The number of hydrogen-bond acceptors (Lipinski definition) is 5. The lowest BCUT2D eigenvalue weighted by molar-refractivity contribution is 0.0692. The second-order valence-corrected chi connectivity index (χ2v) is 3.60. The Bertz CT molecular complexity index is 598. The van der Waals surface area contributed by atoms with Crippen LogP contribution in [-0.4, -0.2) is 22.5 Å². The maximum atomic E-state index is 10.4. The lowest BCUT2D eigenvalue weighted by Crippen LogP contribution is -2.07. The smallest absolute Gasteiger partial charge is 0.339 e. The fourth-order valence-corrected chi connectivity index (χ4v) is 1.33. The molecule has 0 aromatic heterocycles. The highest BCUT2D eigenvalue weighted by Crippen LogP contribution is 2.15. The van der Waals surface area contributed by atoms with Crippen molar-refractivity contribution in [2.45, 2.75) is 0 Å². The molecule has 0 heterocycles. The first kappa shape index (κ1) is 15.2. The molecule has 0 saturated carbocycles. The number of carboxylic acid groups (broad SMARTS) is 1. The van der Waals surface area contributed by atoms with Crippen molar-refractivity contribution in [3.63, 3.8) is 0 Å². The van der Waals surface area contributed by atoms with Gasteiger partial charge >= 0.3 is 5.97 Å². The molecule has 0 spiro atoms. The monoisotopic (exact) mass is 275 g/mol. The second kappa shape index (κ2) is 7.55. The Morgan fingerprint density at radius 2 is 1.70 bits per heavy atom. The van der Waals surface area contributed by atoms with E-state index in [9.17, 15) is 9.59 Å². The van der Waals surface area contributed by atoms with Crippen LogP contribution in [0.2, 0.25) is 0 Å². The van der Waals surface area contributed by atoms with E-state index in [0.29, 0.717) is 11.8 Å². The minimum Gasteiger partial charge on any atom is -0.507 e. The van der Waals surface area contributed by atoms with Gasteiger partial charge in [0, 0.05) is 0 Å². The quantitative estimate of drug-likeness (QED) is 0.582. The Balaban J connectivity index is 0.000000204. The summed E-state index contributed by atoms with van der Waals surface area (Å²) in [7, 11) is 0. The fraction of sp³-hybridized carbons (Fsp3) is 0. The molecule has 0 aliphatic carbocycles. The van der Waals surface area contributed by atoms with E-state index in [0.717, 1.165) is 0 Å². The van der Waals surface area contributed by atoms with E-state index in [-0.39, 0.29) is 17.1 Å². The van der Waals surface area contributed by atoms with Gasteiger partial charge in [0.1, 0.15) is 11.3 Å². The number of aromatic carboxylic acids is 1. The predicted octanol–water partition coefficient (Wildman–Crippen LogP) is 1.84. The van der Waals surface area contributed by atoms with Crippen molar-refractivity contribution in [1.29, 1.82) is 0 Å². The van der Waals surface area contributed by atoms with Gasteiger partial charge in [0.2, 0.25) is 0 Å². The van der Waals surface area contributed by atoms with Gasteiger partial charge in [-0.1, -0.05) is 24.3 Å². The third kappa shape index (κ3) is 4.11. The van der Waals surface area contributed by atoms with Crippen molar-refractivity contribution in [3.05, 3.63) is 59.7 Å². The standard InChI is InChI=1S/C7H7NO3.C7H6O2/c8-11-6-4-2-1-3-5(6)7(9)10;8-5-6-3-1-2-4-7(6)9/h1-4H,8H2,(H,9,10);1-5,9H. The summed E-state index contributed by atoms with van der Waals surface area (Å²) in [4.78, 5) is 24.8. The largest absolute Gasteiger partial charge is 0.507 e. The predicted molar refractivity (Wildman–Crippen MR) is 71.7 cm³/mol. The molecule has 0 saturated heterocycles. The normalized spacial score (nSPS) is 9.05. The van der Waals surface area contributed by atoms with Crippen LogP contribution in [0, 0.1) is 0 Å². The zero-order chi connectivity index (χ0) is 15.0. The van der Waals surface area contributed by atoms with Crippen molar-refractivity contribution in [2.24, 2.45) is 5.90 Å². The Hall–Kier alpha value is -2.86. The SMILES string of the molecule is NOc1ccccc1C(=O)O.O=Cc1ccccc1O. The molecule has 6 heteroatoms. The van der Waals surface area contributed by atoms with E-state index in [1.165, 1.54) is 18.2 Å². The van der Waals surface area contributed by atoms with E-state index in [1.807, 2.05) is 0 Å². The van der Waals surface area contributed by atoms with Gasteiger partial charge in [-0.15, -0.1) is 0 Å². The van der Waals surface area contributed by atoms with E-state index >= 15 is 0 Å². The Morgan fingerprint density at radius 3 is 2.15 bits per heavy atom. The molecular weight excluding hydrogens is 262 g/mol. The van der Waals surface area contributed by atoms with E-state index in [2.05, 4.69) is 4.84 Å². The zero-order valence-electron chi connectivity index (χ0n) is 10.4. The van der Waals surface area contributed by atoms with Crippen LogP contribution in [0.25, 0.3) is 0 Å². The molecule has 0 bridgehead atoms. The van der Waals surface area contributed by atoms with Gasteiger partial charge in [-0.05, 0) is 24.3 Å². The number of rotatable bonds is 3. The van der Waals surface area contributed by atoms with E-state index < -0.39 is 5.97 Å². The van der Waals surface area contributed by atoms with Gasteiger partial charge in [-0.3, -0.25) is 4.79 Å². The Morgan fingerprint density at radius 1 is 1.10 bits per heavy atom. The second-order valence-electron chi connectivity index (χ2n) is 3.60. The number of phenolic OH excluding ortho intramolecular Hbond substituents is 1. The van der Waals surface area contributed by atoms with Gasteiger partial charge in [-0.2, -0.15) is 5.90 Å². The van der Waals surface area contributed by atoms with Crippen molar-refractivity contribution < 1.29 is 24.6 Å².